The van der Waals surface area contributed by atoms with Gasteiger partial charge in [0, 0.05) is 24.9 Å². The van der Waals surface area contributed by atoms with Crippen molar-refractivity contribution in [1.82, 2.24) is 9.69 Å². The topological polar surface area (TPSA) is 71.2 Å². The van der Waals surface area contributed by atoms with Gasteiger partial charge >= 0.3 is 0 Å². The highest BCUT2D eigenvalue weighted by molar-refractivity contribution is 7.99. The minimum Gasteiger partial charge on any atom is -0.382 e. The minimum atomic E-state index is -0.117. The van der Waals surface area contributed by atoms with Crippen LogP contribution in [0.3, 0.4) is 0 Å². The van der Waals surface area contributed by atoms with Crippen LogP contribution in [0.1, 0.15) is 30.6 Å². The summed E-state index contributed by atoms with van der Waals surface area (Å²) < 4.78 is 4.16. The molecule has 106 valence electrons. The van der Waals surface area contributed by atoms with Gasteiger partial charge in [-0.25, -0.2) is 0 Å². The largest absolute Gasteiger partial charge is 0.382 e. The maximum atomic E-state index is 12.2. The van der Waals surface area contributed by atoms with Crippen LogP contribution in [0.4, 0.5) is 10.8 Å². The molecule has 2 heterocycles. The lowest BCUT2D eigenvalue weighted by molar-refractivity contribution is 0.0945. The molecule has 0 bridgehead atoms. The second kappa shape index (κ2) is 6.47. The first-order valence-corrected chi connectivity index (χ1v) is 8.41. The highest BCUT2D eigenvalue weighted by Crippen LogP contribution is 2.31. The lowest BCUT2D eigenvalue weighted by Crippen LogP contribution is -2.33. The Morgan fingerprint density at radius 2 is 2.21 bits per heavy atom. The Kier molecular flexibility index (Phi) is 4.93. The zero-order chi connectivity index (χ0) is 13.8. The Hall–Kier alpha value is -0.950. The van der Waals surface area contributed by atoms with Gasteiger partial charge in [0.1, 0.15) is 10.6 Å². The summed E-state index contributed by atoms with van der Waals surface area (Å²) in [7, 11) is 0. The number of amides is 1. The lowest BCUT2D eigenvalue weighted by atomic mass is 10.2. The van der Waals surface area contributed by atoms with E-state index in [1.54, 1.807) is 0 Å². The second-order valence-electron chi connectivity index (χ2n) is 4.83. The van der Waals surface area contributed by atoms with E-state index in [0.29, 0.717) is 11.4 Å². The van der Waals surface area contributed by atoms with Crippen molar-refractivity contribution in [3.8, 4) is 0 Å². The van der Waals surface area contributed by atoms with E-state index in [1.165, 1.54) is 17.3 Å². The Balaban J connectivity index is 2.23. The van der Waals surface area contributed by atoms with Gasteiger partial charge in [0.25, 0.3) is 5.91 Å². The second-order valence-corrected chi connectivity index (χ2v) is 6.81. The van der Waals surface area contributed by atoms with Crippen LogP contribution < -0.4 is 16.0 Å². The zero-order valence-corrected chi connectivity index (χ0v) is 12.9. The molecule has 2 rings (SSSR count). The Labute approximate surface area is 122 Å². The van der Waals surface area contributed by atoms with Gasteiger partial charge in [-0.3, -0.25) is 4.79 Å². The van der Waals surface area contributed by atoms with Crippen LogP contribution in [-0.2, 0) is 0 Å². The third kappa shape index (κ3) is 3.54. The number of thioether (sulfide) groups is 1. The molecule has 0 aromatic carbocycles. The summed E-state index contributed by atoms with van der Waals surface area (Å²) in [6, 6.07) is 0.0966. The SMILES string of the molecule is CC(C)NC(=O)c1c(N)nsc1N1CCCSCC1. The molecule has 1 aromatic heterocycles. The smallest absolute Gasteiger partial charge is 0.258 e. The average Bonchev–Trinajstić information content (AvgIpc) is 2.58. The van der Waals surface area contributed by atoms with Crippen molar-refractivity contribution in [1.29, 1.82) is 0 Å². The van der Waals surface area contributed by atoms with Crippen molar-refractivity contribution in [2.24, 2.45) is 0 Å². The Bertz CT molecular complexity index is 439. The van der Waals surface area contributed by atoms with Crippen LogP contribution in [0.5, 0.6) is 0 Å². The van der Waals surface area contributed by atoms with E-state index in [0.717, 1.165) is 30.3 Å². The first-order valence-electron chi connectivity index (χ1n) is 6.48. The Morgan fingerprint density at radius 1 is 1.42 bits per heavy atom. The fraction of sp³-hybridized carbons (Fsp3) is 0.667. The highest BCUT2D eigenvalue weighted by atomic mass is 32.2. The molecule has 1 saturated heterocycles. The van der Waals surface area contributed by atoms with Gasteiger partial charge in [-0.2, -0.15) is 16.1 Å². The summed E-state index contributed by atoms with van der Waals surface area (Å²) in [4.78, 5) is 14.5. The number of carbonyl (C=O) groups excluding carboxylic acids is 1. The third-order valence-corrected chi connectivity index (χ3v) is 4.83. The van der Waals surface area contributed by atoms with Crippen molar-refractivity contribution in [2.45, 2.75) is 26.3 Å². The van der Waals surface area contributed by atoms with Crippen LogP contribution in [0.25, 0.3) is 0 Å². The summed E-state index contributed by atoms with van der Waals surface area (Å²) in [6.45, 7) is 5.80. The molecular formula is C12H20N4OS2. The molecule has 19 heavy (non-hydrogen) atoms. The van der Waals surface area contributed by atoms with Crippen LogP contribution in [0, 0.1) is 0 Å². The lowest BCUT2D eigenvalue weighted by Gasteiger charge is -2.21. The van der Waals surface area contributed by atoms with E-state index in [9.17, 15) is 4.79 Å². The summed E-state index contributed by atoms with van der Waals surface area (Å²) in [5.74, 6) is 2.49. The minimum absolute atomic E-state index is 0.0966. The molecule has 1 fully saturated rings. The number of aromatic nitrogens is 1. The van der Waals surface area contributed by atoms with Crippen LogP contribution in [0.2, 0.25) is 0 Å². The molecule has 1 amide bonds. The quantitative estimate of drug-likeness (QED) is 0.891. The van der Waals surface area contributed by atoms with E-state index in [4.69, 9.17) is 5.73 Å². The molecule has 0 radical (unpaired) electrons. The van der Waals surface area contributed by atoms with Gasteiger partial charge < -0.3 is 16.0 Å². The molecule has 1 aliphatic rings. The molecular weight excluding hydrogens is 280 g/mol. The van der Waals surface area contributed by atoms with Gasteiger partial charge in [-0.1, -0.05) is 0 Å². The van der Waals surface area contributed by atoms with E-state index >= 15 is 0 Å². The zero-order valence-electron chi connectivity index (χ0n) is 11.3. The summed E-state index contributed by atoms with van der Waals surface area (Å²) in [6.07, 6.45) is 1.13. The monoisotopic (exact) mass is 300 g/mol. The fourth-order valence-corrected chi connectivity index (χ4v) is 3.76. The van der Waals surface area contributed by atoms with Gasteiger partial charge in [-0.05, 0) is 37.6 Å². The van der Waals surface area contributed by atoms with Crippen LogP contribution >= 0.6 is 23.3 Å². The van der Waals surface area contributed by atoms with E-state index < -0.39 is 0 Å². The van der Waals surface area contributed by atoms with Gasteiger partial charge in [0.2, 0.25) is 0 Å². The maximum absolute atomic E-state index is 12.2. The number of anilines is 2. The van der Waals surface area contributed by atoms with Crippen molar-refractivity contribution < 1.29 is 4.79 Å². The molecule has 3 N–H and O–H groups in total. The first-order chi connectivity index (χ1) is 9.09. The predicted octanol–water partition coefficient (Wildman–Crippen LogP) is 1.81. The number of nitrogens with one attached hydrogen (secondary N) is 1. The van der Waals surface area contributed by atoms with Crippen molar-refractivity contribution in [2.75, 3.05) is 35.2 Å². The first kappa shape index (κ1) is 14.5. The fourth-order valence-electron chi connectivity index (χ4n) is 2.01. The summed E-state index contributed by atoms with van der Waals surface area (Å²) in [5, 5.41) is 3.81. The molecule has 7 heteroatoms. The third-order valence-electron chi connectivity index (χ3n) is 2.86. The number of rotatable bonds is 3. The maximum Gasteiger partial charge on any atom is 0.258 e. The van der Waals surface area contributed by atoms with Crippen molar-refractivity contribution in [3.05, 3.63) is 5.56 Å². The van der Waals surface area contributed by atoms with E-state index in [2.05, 4.69) is 14.6 Å². The number of carbonyl (C=O) groups is 1. The van der Waals surface area contributed by atoms with Crippen molar-refractivity contribution >= 4 is 40.0 Å². The molecule has 5 nitrogen and oxygen atoms in total. The number of nitrogen functional groups attached to an aromatic ring is 1. The highest BCUT2D eigenvalue weighted by Gasteiger charge is 2.24. The number of nitrogens with two attached hydrogens (primary N) is 1. The number of hydrogen-bond acceptors (Lipinski definition) is 6. The average molecular weight is 300 g/mol. The van der Waals surface area contributed by atoms with Crippen LogP contribution in [0.15, 0.2) is 0 Å². The van der Waals surface area contributed by atoms with Gasteiger partial charge in [0.15, 0.2) is 5.82 Å². The molecule has 0 atom stereocenters. The molecule has 0 spiro atoms. The van der Waals surface area contributed by atoms with Gasteiger partial charge in [0.05, 0.1) is 0 Å². The van der Waals surface area contributed by atoms with Gasteiger partial charge in [-0.15, -0.1) is 0 Å². The van der Waals surface area contributed by atoms with Crippen LogP contribution in [-0.4, -0.2) is 40.9 Å². The normalized spacial score (nSPS) is 16.5. The van der Waals surface area contributed by atoms with Crippen molar-refractivity contribution in [3.63, 3.8) is 0 Å². The molecule has 0 unspecified atom stereocenters. The molecule has 0 saturated carbocycles. The Morgan fingerprint density at radius 3 is 2.95 bits per heavy atom. The summed E-state index contributed by atoms with van der Waals surface area (Å²) in [5.41, 5.74) is 6.42. The standard InChI is InChI=1S/C12H20N4OS2/c1-8(2)14-11(17)9-10(13)15-19-12(9)16-4-3-6-18-7-5-16/h8H,3-7H2,1-2H3,(H2,13,15)(H,14,17). The summed E-state index contributed by atoms with van der Waals surface area (Å²) >= 11 is 3.28. The molecule has 1 aromatic rings. The molecule has 0 aliphatic carbocycles. The number of hydrogen-bond donors (Lipinski definition) is 2. The molecule has 1 aliphatic heterocycles. The van der Waals surface area contributed by atoms with E-state index in [1.807, 2.05) is 25.6 Å². The number of nitrogens with zero attached hydrogens (tertiary/aromatic N) is 2. The van der Waals surface area contributed by atoms with E-state index in [-0.39, 0.29) is 11.9 Å². The predicted molar refractivity (Wildman–Crippen MR) is 83.3 cm³/mol.